The molecule has 1 aromatic carbocycles. The lowest BCUT2D eigenvalue weighted by Gasteiger charge is -2.30. The topological polar surface area (TPSA) is 171 Å². The van der Waals surface area contributed by atoms with Gasteiger partial charge in [0.25, 0.3) is 5.91 Å². The van der Waals surface area contributed by atoms with Crippen molar-refractivity contribution in [3.05, 3.63) is 58.9 Å². The van der Waals surface area contributed by atoms with Gasteiger partial charge in [0, 0.05) is 37.6 Å². The monoisotopic (exact) mass is 653 g/mol. The second-order valence-corrected chi connectivity index (χ2v) is 11.1. The molecule has 13 nitrogen and oxygen atoms in total. The van der Waals surface area contributed by atoms with E-state index < -0.39 is 29.5 Å². The minimum Gasteiger partial charge on any atom is -0.489 e. The zero-order valence-electron chi connectivity index (χ0n) is 25.7. The highest BCUT2D eigenvalue weighted by Crippen LogP contribution is 2.37. The number of carbonyl (C=O) groups excluding carboxylic acids is 3. The van der Waals surface area contributed by atoms with Gasteiger partial charge in [0.1, 0.15) is 18.4 Å². The number of aromatic nitrogens is 1. The zero-order valence-corrected chi connectivity index (χ0v) is 25.7. The molecule has 2 atom stereocenters. The Morgan fingerprint density at radius 3 is 2.22 bits per heavy atom. The highest BCUT2D eigenvalue weighted by Gasteiger charge is 2.47. The van der Waals surface area contributed by atoms with E-state index in [4.69, 9.17) is 19.4 Å². The highest BCUT2D eigenvalue weighted by molar-refractivity contribution is 5.94. The first-order valence-electron chi connectivity index (χ1n) is 14.5. The van der Waals surface area contributed by atoms with Gasteiger partial charge in [0.2, 0.25) is 5.91 Å². The van der Waals surface area contributed by atoms with Gasteiger partial charge in [-0.1, -0.05) is 12.1 Å². The average Bonchev–Trinajstić information content (AvgIpc) is 3.32. The van der Waals surface area contributed by atoms with Crippen molar-refractivity contribution in [1.82, 2.24) is 25.6 Å². The molecule has 2 unspecified atom stereocenters. The summed E-state index contributed by atoms with van der Waals surface area (Å²) < 4.78 is 42.9. The summed E-state index contributed by atoms with van der Waals surface area (Å²) in [6, 6.07) is 10.3. The second-order valence-electron chi connectivity index (χ2n) is 11.1. The Morgan fingerprint density at radius 2 is 1.67 bits per heavy atom. The number of nitrogens with zero attached hydrogens (tertiary/aromatic N) is 3. The number of aryl methyl sites for hydroxylation is 2. The van der Waals surface area contributed by atoms with E-state index in [0.717, 1.165) is 22.5 Å². The van der Waals surface area contributed by atoms with Crippen LogP contribution in [0.3, 0.4) is 0 Å². The molecule has 2 aromatic rings. The summed E-state index contributed by atoms with van der Waals surface area (Å²) in [6.07, 6.45) is -4.40. The molecule has 4 amide bonds. The number of amides is 4. The summed E-state index contributed by atoms with van der Waals surface area (Å²) in [5.41, 5.74) is 4.58. The molecule has 0 radical (unpaired) electrons. The predicted molar refractivity (Wildman–Crippen MR) is 156 cm³/mol. The second kappa shape index (κ2) is 15.7. The van der Waals surface area contributed by atoms with Gasteiger partial charge in [0.05, 0.1) is 18.6 Å². The molecule has 3 heterocycles. The summed E-state index contributed by atoms with van der Waals surface area (Å²) >= 11 is 0. The Hall–Kier alpha value is -4.44. The van der Waals surface area contributed by atoms with Crippen molar-refractivity contribution in [1.29, 1.82) is 0 Å². The van der Waals surface area contributed by atoms with E-state index in [1.54, 1.807) is 10.4 Å². The molecule has 0 bridgehead atoms. The maximum Gasteiger partial charge on any atom is 0.490 e. The van der Waals surface area contributed by atoms with Crippen LogP contribution in [0.1, 0.15) is 42.3 Å². The summed E-state index contributed by atoms with van der Waals surface area (Å²) in [7, 11) is 0. The van der Waals surface area contributed by atoms with Crippen LogP contribution in [0.25, 0.3) is 0 Å². The quantitative estimate of drug-likeness (QED) is 0.235. The third-order valence-electron chi connectivity index (χ3n) is 7.65. The van der Waals surface area contributed by atoms with Crippen LogP contribution in [0.5, 0.6) is 5.75 Å². The number of likely N-dealkylation sites (tertiary alicyclic amines) is 1. The Kier molecular flexibility index (Phi) is 12.3. The van der Waals surface area contributed by atoms with Crippen LogP contribution in [-0.4, -0.2) is 101 Å². The summed E-state index contributed by atoms with van der Waals surface area (Å²) in [6.45, 7) is 8.68. The first-order valence-corrected chi connectivity index (χ1v) is 14.5. The number of carboxylic acids is 1. The molecule has 4 N–H and O–H groups in total. The molecular formula is C30H38F3N5O8. The lowest BCUT2D eigenvalue weighted by Crippen LogP contribution is -2.51. The van der Waals surface area contributed by atoms with Crippen LogP contribution in [0, 0.1) is 13.8 Å². The standard InChI is InChI=1S/C28H37N5O6.C2HF3O2/c1-19-16-21(17-20(2)30-19)18-39-23-6-4-22(5-7-23)28(3)9-11-33(26(28)35)24(25(34)31-37)8-10-29-27(36)32-12-14-38-15-13-32;3-2(4,5)1(6)7/h4-7,16-17,24,37H,8-15,18H2,1-3H3,(H,29,36)(H,31,34);(H,6,7). The fraction of sp³-hybridized carbons (Fsp3) is 0.500. The van der Waals surface area contributed by atoms with Crippen molar-refractivity contribution in [2.75, 3.05) is 39.4 Å². The summed E-state index contributed by atoms with van der Waals surface area (Å²) in [4.78, 5) is 55.0. The number of hydrogen-bond donors (Lipinski definition) is 4. The normalized spacial score (nSPS) is 18.7. The Bertz CT molecular complexity index is 1370. The smallest absolute Gasteiger partial charge is 0.489 e. The molecule has 4 rings (SSSR count). The number of hydrogen-bond acceptors (Lipinski definition) is 8. The van der Waals surface area contributed by atoms with Gasteiger partial charge in [-0.3, -0.25) is 19.8 Å². The largest absolute Gasteiger partial charge is 0.490 e. The number of urea groups is 1. The van der Waals surface area contributed by atoms with E-state index in [9.17, 15) is 32.8 Å². The first kappa shape index (κ1) is 36.0. The Balaban J connectivity index is 0.000000738. The van der Waals surface area contributed by atoms with Crippen LogP contribution >= 0.6 is 0 Å². The number of hydroxylamine groups is 1. The van der Waals surface area contributed by atoms with Gasteiger partial charge in [0.15, 0.2) is 0 Å². The molecule has 2 fully saturated rings. The van der Waals surface area contributed by atoms with Gasteiger partial charge >= 0.3 is 18.2 Å². The predicted octanol–water partition coefficient (Wildman–Crippen LogP) is 2.71. The van der Waals surface area contributed by atoms with Gasteiger partial charge in [-0.15, -0.1) is 0 Å². The number of rotatable bonds is 9. The van der Waals surface area contributed by atoms with Gasteiger partial charge in [-0.2, -0.15) is 13.2 Å². The van der Waals surface area contributed by atoms with Crippen molar-refractivity contribution in [2.24, 2.45) is 0 Å². The number of carbonyl (C=O) groups is 4. The van der Waals surface area contributed by atoms with Gasteiger partial charge in [-0.25, -0.2) is 15.1 Å². The summed E-state index contributed by atoms with van der Waals surface area (Å²) in [5.74, 6) is -2.96. The van der Waals surface area contributed by atoms with Crippen molar-refractivity contribution in [3.8, 4) is 5.75 Å². The van der Waals surface area contributed by atoms with E-state index in [1.807, 2.05) is 57.2 Å². The van der Waals surface area contributed by atoms with Gasteiger partial charge in [-0.05, 0) is 69.0 Å². The molecule has 46 heavy (non-hydrogen) atoms. The van der Waals surface area contributed by atoms with Crippen molar-refractivity contribution >= 4 is 23.8 Å². The molecular weight excluding hydrogens is 615 g/mol. The SMILES string of the molecule is Cc1cc(COc2ccc(C3(C)CCN(C(CCNC(=O)N4CCOCC4)C(=O)NO)C3=O)cc2)cc(C)n1.O=C(O)C(F)(F)F. The number of aliphatic carboxylic acids is 1. The third-order valence-corrected chi connectivity index (χ3v) is 7.65. The first-order chi connectivity index (χ1) is 21.6. The lowest BCUT2D eigenvalue weighted by molar-refractivity contribution is -0.192. The number of nitrogens with one attached hydrogen (secondary N) is 2. The van der Waals surface area contributed by atoms with Crippen LogP contribution < -0.4 is 15.5 Å². The average molecular weight is 654 g/mol. The number of halogens is 3. The number of carboxylic acid groups (broad SMARTS) is 1. The zero-order chi connectivity index (χ0) is 34.1. The number of ether oxygens (including phenoxy) is 2. The molecule has 0 spiro atoms. The fourth-order valence-electron chi connectivity index (χ4n) is 5.22. The Morgan fingerprint density at radius 1 is 1.09 bits per heavy atom. The van der Waals surface area contributed by atoms with Crippen LogP contribution in [0.4, 0.5) is 18.0 Å². The molecule has 0 saturated carbocycles. The number of morpholine rings is 1. The van der Waals surface area contributed by atoms with Crippen molar-refractivity contribution in [2.45, 2.75) is 57.9 Å². The Labute approximate surface area is 263 Å². The molecule has 0 aliphatic carbocycles. The van der Waals surface area contributed by atoms with Crippen LogP contribution in [0.2, 0.25) is 0 Å². The third kappa shape index (κ3) is 9.53. The fourth-order valence-corrected chi connectivity index (χ4v) is 5.22. The van der Waals surface area contributed by atoms with E-state index in [-0.39, 0.29) is 24.9 Å². The van der Waals surface area contributed by atoms with E-state index >= 15 is 0 Å². The molecule has 2 saturated heterocycles. The minimum absolute atomic E-state index is 0.172. The maximum absolute atomic E-state index is 13.6. The van der Waals surface area contributed by atoms with E-state index in [1.165, 1.54) is 4.90 Å². The van der Waals surface area contributed by atoms with Gasteiger partial charge < -0.3 is 29.7 Å². The molecule has 1 aromatic heterocycles. The molecule has 16 heteroatoms. The molecule has 2 aliphatic heterocycles. The number of benzene rings is 1. The van der Waals surface area contributed by atoms with E-state index in [2.05, 4.69) is 10.3 Å². The minimum atomic E-state index is -5.08. The number of pyridine rings is 1. The van der Waals surface area contributed by atoms with Crippen molar-refractivity contribution in [3.63, 3.8) is 0 Å². The highest BCUT2D eigenvalue weighted by atomic mass is 19.4. The van der Waals surface area contributed by atoms with Crippen LogP contribution in [-0.2, 0) is 31.1 Å². The lowest BCUT2D eigenvalue weighted by atomic mass is 9.81. The van der Waals surface area contributed by atoms with Crippen LogP contribution in [0.15, 0.2) is 36.4 Å². The van der Waals surface area contributed by atoms with Crippen molar-refractivity contribution < 1.29 is 52.1 Å². The maximum atomic E-state index is 13.6. The molecule has 2 aliphatic rings. The number of alkyl halides is 3. The summed E-state index contributed by atoms with van der Waals surface area (Å²) in [5, 5.41) is 19.3. The van der Waals surface area contributed by atoms with E-state index in [0.29, 0.717) is 51.6 Å². The molecule has 252 valence electrons.